The first-order valence-corrected chi connectivity index (χ1v) is 8.31. The molecule has 2 unspecified atom stereocenters. The van der Waals surface area contributed by atoms with Gasteiger partial charge in [-0.2, -0.15) is 0 Å². The van der Waals surface area contributed by atoms with Gasteiger partial charge >= 0.3 is 0 Å². The third-order valence-electron chi connectivity index (χ3n) is 4.72. The van der Waals surface area contributed by atoms with Crippen molar-refractivity contribution in [1.29, 1.82) is 0 Å². The Morgan fingerprint density at radius 1 is 1.38 bits per heavy atom. The van der Waals surface area contributed by atoms with Crippen LogP contribution in [-0.4, -0.2) is 29.6 Å². The quantitative estimate of drug-likeness (QED) is 0.813. The summed E-state index contributed by atoms with van der Waals surface area (Å²) < 4.78 is 28.6. The SMILES string of the molecule is CCC1CN(Cc2c(F)ccc(Br)c2F)C(C)(CC)CN1. The van der Waals surface area contributed by atoms with Gasteiger partial charge in [0.05, 0.1) is 4.47 Å². The van der Waals surface area contributed by atoms with E-state index < -0.39 is 11.6 Å². The Kier molecular flexibility index (Phi) is 5.38. The topological polar surface area (TPSA) is 15.3 Å². The summed E-state index contributed by atoms with van der Waals surface area (Å²) in [6.07, 6.45) is 1.95. The third-order valence-corrected chi connectivity index (χ3v) is 5.33. The van der Waals surface area contributed by atoms with Crippen LogP contribution in [0.1, 0.15) is 39.2 Å². The first kappa shape index (κ1) is 16.8. The van der Waals surface area contributed by atoms with E-state index in [1.165, 1.54) is 12.1 Å². The molecule has 0 spiro atoms. The van der Waals surface area contributed by atoms with Crippen molar-refractivity contribution in [1.82, 2.24) is 10.2 Å². The molecule has 1 aromatic carbocycles. The Bertz CT molecular complexity index is 509. The summed E-state index contributed by atoms with van der Waals surface area (Å²) in [5.74, 6) is -0.958. The van der Waals surface area contributed by atoms with Gasteiger partial charge in [-0.3, -0.25) is 4.90 Å². The van der Waals surface area contributed by atoms with E-state index in [2.05, 4.69) is 46.9 Å². The summed E-state index contributed by atoms with van der Waals surface area (Å²) in [5, 5.41) is 3.53. The zero-order valence-electron chi connectivity index (χ0n) is 12.8. The number of nitrogens with zero attached hydrogens (tertiary/aromatic N) is 1. The largest absolute Gasteiger partial charge is 0.311 e. The second-order valence-corrected chi connectivity index (χ2v) is 6.89. The summed E-state index contributed by atoms with van der Waals surface area (Å²) in [5.41, 5.74) is 0.0770. The van der Waals surface area contributed by atoms with E-state index in [0.717, 1.165) is 25.9 Å². The van der Waals surface area contributed by atoms with Gasteiger partial charge in [0, 0.05) is 36.8 Å². The van der Waals surface area contributed by atoms with Crippen LogP contribution in [0.15, 0.2) is 16.6 Å². The van der Waals surface area contributed by atoms with Crippen LogP contribution in [0.25, 0.3) is 0 Å². The smallest absolute Gasteiger partial charge is 0.144 e. The second-order valence-electron chi connectivity index (χ2n) is 6.04. The highest BCUT2D eigenvalue weighted by Gasteiger charge is 2.36. The maximum atomic E-state index is 14.2. The molecule has 0 aliphatic carbocycles. The Labute approximate surface area is 134 Å². The number of hydrogen-bond acceptors (Lipinski definition) is 2. The molecule has 0 aromatic heterocycles. The van der Waals surface area contributed by atoms with Crippen LogP contribution >= 0.6 is 15.9 Å². The molecule has 2 rings (SSSR count). The van der Waals surface area contributed by atoms with Crippen molar-refractivity contribution >= 4 is 15.9 Å². The van der Waals surface area contributed by atoms with Gasteiger partial charge in [-0.15, -0.1) is 0 Å². The van der Waals surface area contributed by atoms with Crippen molar-refractivity contribution < 1.29 is 8.78 Å². The normalized spacial score (nSPS) is 27.0. The number of hydrogen-bond donors (Lipinski definition) is 1. The highest BCUT2D eigenvalue weighted by Crippen LogP contribution is 2.29. The molecule has 2 nitrogen and oxygen atoms in total. The first-order valence-electron chi connectivity index (χ1n) is 7.52. The monoisotopic (exact) mass is 360 g/mol. The van der Waals surface area contributed by atoms with Crippen molar-refractivity contribution in [3.63, 3.8) is 0 Å². The van der Waals surface area contributed by atoms with E-state index in [9.17, 15) is 8.78 Å². The maximum absolute atomic E-state index is 14.2. The molecule has 2 atom stereocenters. The highest BCUT2D eigenvalue weighted by atomic mass is 79.9. The molecule has 21 heavy (non-hydrogen) atoms. The Morgan fingerprint density at radius 3 is 2.71 bits per heavy atom. The molecule has 0 saturated carbocycles. The van der Waals surface area contributed by atoms with E-state index >= 15 is 0 Å². The lowest BCUT2D eigenvalue weighted by Crippen LogP contribution is -2.62. The number of nitrogens with one attached hydrogen (secondary N) is 1. The first-order chi connectivity index (χ1) is 9.91. The summed E-state index contributed by atoms with van der Waals surface area (Å²) in [4.78, 5) is 2.21. The lowest BCUT2D eigenvalue weighted by atomic mass is 9.91. The van der Waals surface area contributed by atoms with Crippen molar-refractivity contribution in [2.24, 2.45) is 0 Å². The molecular weight excluding hydrogens is 338 g/mol. The number of rotatable bonds is 4. The second kappa shape index (κ2) is 6.71. The van der Waals surface area contributed by atoms with Crippen LogP contribution in [0.5, 0.6) is 0 Å². The van der Waals surface area contributed by atoms with E-state index in [0.29, 0.717) is 17.1 Å². The van der Waals surface area contributed by atoms with Gasteiger partial charge in [-0.25, -0.2) is 8.78 Å². The average Bonchev–Trinajstić information content (AvgIpc) is 2.49. The number of halogens is 3. The Balaban J connectivity index is 2.28. The predicted molar refractivity (Wildman–Crippen MR) is 85.2 cm³/mol. The lowest BCUT2D eigenvalue weighted by Gasteiger charge is -2.48. The average molecular weight is 361 g/mol. The van der Waals surface area contributed by atoms with Crippen molar-refractivity contribution in [2.75, 3.05) is 13.1 Å². The van der Waals surface area contributed by atoms with Crippen molar-refractivity contribution in [2.45, 2.75) is 51.7 Å². The minimum absolute atomic E-state index is 0.0765. The number of benzene rings is 1. The zero-order chi connectivity index (χ0) is 15.6. The van der Waals surface area contributed by atoms with Crippen LogP contribution in [0.3, 0.4) is 0 Å². The van der Waals surface area contributed by atoms with Crippen LogP contribution in [0.4, 0.5) is 8.78 Å². The number of piperazine rings is 1. The van der Waals surface area contributed by atoms with E-state index in [1.54, 1.807) is 0 Å². The molecule has 118 valence electrons. The fourth-order valence-corrected chi connectivity index (χ4v) is 3.18. The van der Waals surface area contributed by atoms with E-state index in [1.807, 2.05) is 0 Å². The van der Waals surface area contributed by atoms with Gasteiger partial charge in [0.1, 0.15) is 11.6 Å². The molecule has 0 amide bonds. The van der Waals surface area contributed by atoms with Crippen LogP contribution in [-0.2, 0) is 6.54 Å². The molecule has 0 bridgehead atoms. The fraction of sp³-hybridized carbons (Fsp3) is 0.625. The molecule has 1 fully saturated rings. The Hall–Kier alpha value is -0.520. The highest BCUT2D eigenvalue weighted by molar-refractivity contribution is 9.10. The summed E-state index contributed by atoms with van der Waals surface area (Å²) >= 11 is 3.14. The summed E-state index contributed by atoms with van der Waals surface area (Å²) in [6, 6.07) is 3.12. The molecular formula is C16H23BrF2N2. The van der Waals surface area contributed by atoms with Crippen molar-refractivity contribution in [3.8, 4) is 0 Å². The fourth-order valence-electron chi connectivity index (χ4n) is 2.81. The van der Waals surface area contributed by atoms with Gasteiger partial charge < -0.3 is 5.32 Å². The van der Waals surface area contributed by atoms with Gasteiger partial charge in [-0.05, 0) is 47.8 Å². The van der Waals surface area contributed by atoms with Crippen LogP contribution < -0.4 is 5.32 Å². The minimum Gasteiger partial charge on any atom is -0.311 e. The van der Waals surface area contributed by atoms with E-state index in [-0.39, 0.29) is 11.1 Å². The van der Waals surface area contributed by atoms with Gasteiger partial charge in [0.25, 0.3) is 0 Å². The molecule has 1 heterocycles. The summed E-state index contributed by atoms with van der Waals surface area (Å²) in [6.45, 7) is 8.37. The molecule has 5 heteroatoms. The molecule has 0 radical (unpaired) electrons. The summed E-state index contributed by atoms with van der Waals surface area (Å²) in [7, 11) is 0. The van der Waals surface area contributed by atoms with Gasteiger partial charge in [0.2, 0.25) is 0 Å². The third kappa shape index (κ3) is 3.46. The molecule has 1 N–H and O–H groups in total. The standard InChI is InChI=1S/C16H23BrF2N2/c1-4-11-8-21(16(3,5-2)10-20-11)9-12-14(18)7-6-13(17)15(12)19/h6-7,11,20H,4-5,8-10H2,1-3H3. The van der Waals surface area contributed by atoms with Crippen LogP contribution in [0, 0.1) is 11.6 Å². The molecule has 1 aromatic rings. The van der Waals surface area contributed by atoms with Gasteiger partial charge in [-0.1, -0.05) is 13.8 Å². The maximum Gasteiger partial charge on any atom is 0.144 e. The van der Waals surface area contributed by atoms with E-state index in [4.69, 9.17) is 0 Å². The molecule has 1 aliphatic heterocycles. The lowest BCUT2D eigenvalue weighted by molar-refractivity contribution is 0.0389. The van der Waals surface area contributed by atoms with Crippen LogP contribution in [0.2, 0.25) is 0 Å². The molecule has 1 saturated heterocycles. The zero-order valence-corrected chi connectivity index (χ0v) is 14.4. The molecule has 1 aliphatic rings. The predicted octanol–water partition coefficient (Wildman–Crippen LogP) is 4.08. The van der Waals surface area contributed by atoms with Gasteiger partial charge in [0.15, 0.2) is 0 Å². The minimum atomic E-state index is -0.486. The van der Waals surface area contributed by atoms with Crippen molar-refractivity contribution in [3.05, 3.63) is 33.8 Å². The Morgan fingerprint density at radius 2 is 2.10 bits per heavy atom.